The first-order chi connectivity index (χ1) is 6.68. The summed E-state index contributed by atoms with van der Waals surface area (Å²) in [7, 11) is 0. The molecule has 0 heterocycles. The molecule has 0 radical (unpaired) electrons. The van der Waals surface area contributed by atoms with Crippen molar-refractivity contribution in [1.82, 2.24) is 0 Å². The third-order valence-corrected chi connectivity index (χ3v) is 1.89. The van der Waals surface area contributed by atoms with Crippen molar-refractivity contribution in [2.75, 3.05) is 6.61 Å². The molecule has 0 spiro atoms. The Labute approximate surface area is 88.3 Å². The van der Waals surface area contributed by atoms with Crippen molar-refractivity contribution in [3.8, 4) is 5.75 Å². The Balaban J connectivity index is 2.28. The van der Waals surface area contributed by atoms with Gasteiger partial charge in [-0.3, -0.25) is 5.41 Å². The fourth-order valence-electron chi connectivity index (χ4n) is 1.01. The maximum absolute atomic E-state index is 7.01. The Hall–Kier alpha value is -1.22. The minimum atomic E-state index is 0.194. The molecule has 76 valence electrons. The minimum absolute atomic E-state index is 0.194. The fraction of sp³-hybridized carbons (Fsp3) is 0.300. The molecule has 0 aliphatic heterocycles. The second kappa shape index (κ2) is 5.50. The van der Waals surface area contributed by atoms with Gasteiger partial charge in [0.2, 0.25) is 0 Å². The second-order valence-corrected chi connectivity index (χ2v) is 3.37. The zero-order valence-corrected chi connectivity index (χ0v) is 8.55. The van der Waals surface area contributed by atoms with Gasteiger partial charge in [0, 0.05) is 11.4 Å². The van der Waals surface area contributed by atoms with Gasteiger partial charge >= 0.3 is 0 Å². The highest BCUT2D eigenvalue weighted by atomic mass is 35.5. The van der Waals surface area contributed by atoms with E-state index in [-0.39, 0.29) is 5.84 Å². The van der Waals surface area contributed by atoms with E-state index in [4.69, 9.17) is 27.5 Å². The molecule has 0 saturated carbocycles. The number of amidine groups is 1. The summed E-state index contributed by atoms with van der Waals surface area (Å²) in [5.74, 6) is 0.945. The van der Waals surface area contributed by atoms with E-state index in [1.165, 1.54) is 0 Å². The molecular formula is C10H13ClN2O. The monoisotopic (exact) mass is 212 g/mol. The van der Waals surface area contributed by atoms with Crippen LogP contribution in [0.25, 0.3) is 0 Å². The van der Waals surface area contributed by atoms with E-state index < -0.39 is 0 Å². The molecule has 0 bridgehead atoms. The Morgan fingerprint density at radius 1 is 1.50 bits per heavy atom. The summed E-state index contributed by atoms with van der Waals surface area (Å²) in [6.07, 6.45) is 1.32. The van der Waals surface area contributed by atoms with Gasteiger partial charge in [0.1, 0.15) is 5.75 Å². The van der Waals surface area contributed by atoms with Crippen LogP contribution in [0.5, 0.6) is 5.75 Å². The number of ether oxygens (including phenoxy) is 1. The standard InChI is InChI=1S/C10H13ClN2O/c11-8-3-1-4-9(7-8)14-6-2-5-10(12)13/h1,3-4,7H,2,5-6H2,(H3,12,13). The van der Waals surface area contributed by atoms with Gasteiger partial charge in [0.05, 0.1) is 12.4 Å². The highest BCUT2D eigenvalue weighted by Gasteiger charge is 1.95. The predicted molar refractivity (Wildman–Crippen MR) is 58.1 cm³/mol. The third kappa shape index (κ3) is 4.14. The lowest BCUT2D eigenvalue weighted by atomic mass is 10.3. The van der Waals surface area contributed by atoms with Gasteiger partial charge in [0.15, 0.2) is 0 Å². The smallest absolute Gasteiger partial charge is 0.120 e. The Morgan fingerprint density at radius 2 is 2.29 bits per heavy atom. The SMILES string of the molecule is N=C(N)CCCOc1cccc(Cl)c1. The average molecular weight is 213 g/mol. The van der Waals surface area contributed by atoms with Crippen LogP contribution in [0.3, 0.4) is 0 Å². The highest BCUT2D eigenvalue weighted by molar-refractivity contribution is 6.30. The first-order valence-corrected chi connectivity index (χ1v) is 4.77. The van der Waals surface area contributed by atoms with Gasteiger partial charge < -0.3 is 10.5 Å². The molecule has 0 unspecified atom stereocenters. The maximum Gasteiger partial charge on any atom is 0.120 e. The topological polar surface area (TPSA) is 59.1 Å². The van der Waals surface area contributed by atoms with E-state index in [9.17, 15) is 0 Å². The number of nitrogens with two attached hydrogens (primary N) is 1. The van der Waals surface area contributed by atoms with Crippen LogP contribution in [0.1, 0.15) is 12.8 Å². The van der Waals surface area contributed by atoms with Crippen molar-refractivity contribution in [3.05, 3.63) is 29.3 Å². The zero-order valence-electron chi connectivity index (χ0n) is 7.79. The van der Waals surface area contributed by atoms with E-state index in [1.54, 1.807) is 12.1 Å². The van der Waals surface area contributed by atoms with Crippen molar-refractivity contribution in [2.45, 2.75) is 12.8 Å². The Morgan fingerprint density at radius 3 is 2.93 bits per heavy atom. The molecule has 14 heavy (non-hydrogen) atoms. The fourth-order valence-corrected chi connectivity index (χ4v) is 1.19. The summed E-state index contributed by atoms with van der Waals surface area (Å²) in [6, 6.07) is 7.24. The number of halogens is 1. The largest absolute Gasteiger partial charge is 0.494 e. The summed E-state index contributed by atoms with van der Waals surface area (Å²) in [6.45, 7) is 0.555. The number of benzene rings is 1. The van der Waals surface area contributed by atoms with Crippen LogP contribution in [-0.2, 0) is 0 Å². The van der Waals surface area contributed by atoms with Crippen LogP contribution in [0.15, 0.2) is 24.3 Å². The molecule has 0 atom stereocenters. The average Bonchev–Trinajstić information content (AvgIpc) is 2.12. The molecule has 0 aliphatic carbocycles. The van der Waals surface area contributed by atoms with E-state index in [0.29, 0.717) is 18.1 Å². The molecule has 0 aromatic heterocycles. The van der Waals surface area contributed by atoms with Crippen LogP contribution in [-0.4, -0.2) is 12.4 Å². The van der Waals surface area contributed by atoms with Crippen LogP contribution in [0, 0.1) is 5.41 Å². The zero-order chi connectivity index (χ0) is 10.4. The lowest BCUT2D eigenvalue weighted by molar-refractivity contribution is 0.313. The van der Waals surface area contributed by atoms with Crippen molar-refractivity contribution in [1.29, 1.82) is 5.41 Å². The number of rotatable bonds is 5. The molecule has 0 aliphatic rings. The van der Waals surface area contributed by atoms with Crippen LogP contribution >= 0.6 is 11.6 Å². The van der Waals surface area contributed by atoms with Gasteiger partial charge in [-0.1, -0.05) is 17.7 Å². The molecule has 1 aromatic carbocycles. The molecule has 4 heteroatoms. The van der Waals surface area contributed by atoms with Gasteiger partial charge in [-0.15, -0.1) is 0 Å². The molecular weight excluding hydrogens is 200 g/mol. The molecule has 3 nitrogen and oxygen atoms in total. The van der Waals surface area contributed by atoms with Crippen LogP contribution in [0.2, 0.25) is 5.02 Å². The normalized spacial score (nSPS) is 9.79. The van der Waals surface area contributed by atoms with E-state index in [2.05, 4.69) is 0 Å². The van der Waals surface area contributed by atoms with Gasteiger partial charge in [-0.25, -0.2) is 0 Å². The van der Waals surface area contributed by atoms with E-state index >= 15 is 0 Å². The van der Waals surface area contributed by atoms with Gasteiger partial charge in [-0.05, 0) is 24.6 Å². The summed E-state index contributed by atoms with van der Waals surface area (Å²) in [5, 5.41) is 7.67. The van der Waals surface area contributed by atoms with Crippen LogP contribution in [0.4, 0.5) is 0 Å². The number of hydrogen-bond acceptors (Lipinski definition) is 2. The minimum Gasteiger partial charge on any atom is -0.494 e. The molecule has 1 rings (SSSR count). The summed E-state index contributed by atoms with van der Waals surface area (Å²) in [5.41, 5.74) is 5.20. The summed E-state index contributed by atoms with van der Waals surface area (Å²) in [4.78, 5) is 0. The summed E-state index contributed by atoms with van der Waals surface area (Å²) < 4.78 is 5.40. The molecule has 3 N–H and O–H groups in total. The van der Waals surface area contributed by atoms with Crippen molar-refractivity contribution < 1.29 is 4.74 Å². The first kappa shape index (κ1) is 10.9. The number of nitrogens with one attached hydrogen (secondary N) is 1. The highest BCUT2D eigenvalue weighted by Crippen LogP contribution is 2.17. The van der Waals surface area contributed by atoms with Gasteiger partial charge in [0.25, 0.3) is 0 Å². The second-order valence-electron chi connectivity index (χ2n) is 2.93. The summed E-state index contributed by atoms with van der Waals surface area (Å²) >= 11 is 5.77. The molecule has 0 amide bonds. The van der Waals surface area contributed by atoms with Crippen molar-refractivity contribution >= 4 is 17.4 Å². The quantitative estimate of drug-likeness (QED) is 0.448. The maximum atomic E-state index is 7.01. The first-order valence-electron chi connectivity index (χ1n) is 4.40. The predicted octanol–water partition coefficient (Wildman–Crippen LogP) is 2.43. The van der Waals surface area contributed by atoms with Crippen molar-refractivity contribution in [3.63, 3.8) is 0 Å². The Kier molecular flexibility index (Phi) is 4.26. The van der Waals surface area contributed by atoms with Gasteiger partial charge in [-0.2, -0.15) is 0 Å². The van der Waals surface area contributed by atoms with Crippen molar-refractivity contribution in [2.24, 2.45) is 5.73 Å². The lowest BCUT2D eigenvalue weighted by Gasteiger charge is -2.05. The lowest BCUT2D eigenvalue weighted by Crippen LogP contribution is -2.10. The molecule has 0 saturated heterocycles. The van der Waals surface area contributed by atoms with E-state index in [1.807, 2.05) is 12.1 Å². The van der Waals surface area contributed by atoms with E-state index in [0.717, 1.165) is 12.2 Å². The molecule has 0 fully saturated rings. The molecule has 1 aromatic rings. The Bertz CT molecular complexity index is 315. The third-order valence-electron chi connectivity index (χ3n) is 1.66. The van der Waals surface area contributed by atoms with Crippen LogP contribution < -0.4 is 10.5 Å². The number of hydrogen-bond donors (Lipinski definition) is 2.